The number of aryl methyl sites for hydroxylation is 1. The number of nitrogens with zero attached hydrogens (tertiary/aromatic N) is 4. The molecule has 1 saturated heterocycles. The fourth-order valence-corrected chi connectivity index (χ4v) is 2.68. The number of piperazine rings is 1. The number of rotatable bonds is 2. The summed E-state index contributed by atoms with van der Waals surface area (Å²) in [5, 5.41) is 0.574. The lowest BCUT2D eigenvalue weighted by molar-refractivity contribution is 0.113. The molecule has 0 spiro atoms. The number of halogens is 2. The molecular weight excluding hydrogens is 363 g/mol. The summed E-state index contributed by atoms with van der Waals surface area (Å²) in [4.78, 5) is 13.7. The van der Waals surface area contributed by atoms with Crippen molar-refractivity contribution < 1.29 is 0 Å². The van der Waals surface area contributed by atoms with Crippen molar-refractivity contribution in [3.8, 4) is 0 Å². The zero-order valence-electron chi connectivity index (χ0n) is 11.0. The summed E-state index contributed by atoms with van der Waals surface area (Å²) in [5.41, 5.74) is 0.970. The van der Waals surface area contributed by atoms with Crippen LogP contribution in [0.2, 0.25) is 5.15 Å². The summed E-state index contributed by atoms with van der Waals surface area (Å²) in [6.07, 6.45) is 0.859. The number of likely N-dealkylation sites (N-methyl/N-ethyl adjacent to an activating group) is 2. The predicted octanol–water partition coefficient (Wildman–Crippen LogP) is 1.83. The quantitative estimate of drug-likeness (QED) is 0.579. The first-order valence-corrected chi connectivity index (χ1v) is 7.50. The normalized spacial score (nSPS) is 22.4. The molecule has 6 heteroatoms. The maximum atomic E-state index is 6.12. The molecule has 1 fully saturated rings. The van der Waals surface area contributed by atoms with Gasteiger partial charge in [0.25, 0.3) is 0 Å². The molecule has 1 atom stereocenters. The molecule has 4 nitrogen and oxygen atoms in total. The highest BCUT2D eigenvalue weighted by atomic mass is 127. The second kappa shape index (κ2) is 5.98. The van der Waals surface area contributed by atoms with Crippen LogP contribution < -0.4 is 0 Å². The van der Waals surface area contributed by atoms with Gasteiger partial charge < -0.3 is 9.80 Å². The maximum absolute atomic E-state index is 6.12. The molecule has 18 heavy (non-hydrogen) atoms. The average Bonchev–Trinajstić information content (AvgIpc) is 2.31. The van der Waals surface area contributed by atoms with E-state index in [-0.39, 0.29) is 0 Å². The molecule has 1 unspecified atom stereocenters. The van der Waals surface area contributed by atoms with Gasteiger partial charge in [-0.1, -0.05) is 11.6 Å². The molecule has 1 aliphatic rings. The van der Waals surface area contributed by atoms with E-state index in [0.29, 0.717) is 11.2 Å². The molecule has 1 aliphatic heterocycles. The molecule has 0 saturated carbocycles. The van der Waals surface area contributed by atoms with Gasteiger partial charge in [-0.2, -0.15) is 0 Å². The van der Waals surface area contributed by atoms with Crippen LogP contribution in [0.4, 0.5) is 0 Å². The summed E-state index contributed by atoms with van der Waals surface area (Å²) in [6.45, 7) is 5.26. The fourth-order valence-electron chi connectivity index (χ4n) is 2.20. The van der Waals surface area contributed by atoms with E-state index in [1.165, 1.54) is 0 Å². The van der Waals surface area contributed by atoms with Crippen molar-refractivity contribution in [3.63, 3.8) is 0 Å². The Labute approximate surface area is 127 Å². The monoisotopic (exact) mass is 380 g/mol. The largest absolute Gasteiger partial charge is 0.304 e. The highest BCUT2D eigenvalue weighted by Gasteiger charge is 2.23. The van der Waals surface area contributed by atoms with E-state index in [9.17, 15) is 0 Å². The van der Waals surface area contributed by atoms with Crippen LogP contribution in [0.5, 0.6) is 0 Å². The van der Waals surface area contributed by atoms with E-state index in [1.807, 2.05) is 6.92 Å². The third-order valence-corrected chi connectivity index (χ3v) is 5.30. The summed E-state index contributed by atoms with van der Waals surface area (Å²) < 4.78 is 0.951. The highest BCUT2D eigenvalue weighted by Crippen LogP contribution is 2.19. The summed E-state index contributed by atoms with van der Waals surface area (Å²) in [5.74, 6) is 0.852. The molecular formula is C12H18ClIN4. The van der Waals surface area contributed by atoms with Gasteiger partial charge >= 0.3 is 0 Å². The Morgan fingerprint density at radius 1 is 1.33 bits per heavy atom. The van der Waals surface area contributed by atoms with E-state index in [4.69, 9.17) is 11.6 Å². The second-order valence-electron chi connectivity index (χ2n) is 4.93. The summed E-state index contributed by atoms with van der Waals surface area (Å²) in [6, 6.07) is 0.472. The highest BCUT2D eigenvalue weighted by molar-refractivity contribution is 14.1. The van der Waals surface area contributed by atoms with Gasteiger partial charge in [-0.05, 0) is 43.6 Å². The van der Waals surface area contributed by atoms with Gasteiger partial charge in [0.2, 0.25) is 0 Å². The average molecular weight is 381 g/mol. The minimum atomic E-state index is 0.472. The minimum absolute atomic E-state index is 0.472. The van der Waals surface area contributed by atoms with Crippen LogP contribution >= 0.6 is 34.2 Å². The molecule has 0 radical (unpaired) electrons. The zero-order valence-corrected chi connectivity index (χ0v) is 13.9. The molecule has 0 aliphatic carbocycles. The lowest BCUT2D eigenvalue weighted by Crippen LogP contribution is -2.51. The second-order valence-corrected chi connectivity index (χ2v) is 6.37. The molecule has 0 aromatic carbocycles. The van der Waals surface area contributed by atoms with Gasteiger partial charge in [-0.15, -0.1) is 0 Å². The number of aromatic nitrogens is 2. The van der Waals surface area contributed by atoms with Crippen LogP contribution in [0.15, 0.2) is 0 Å². The van der Waals surface area contributed by atoms with Gasteiger partial charge in [0.05, 0.1) is 9.26 Å². The smallest absolute Gasteiger partial charge is 0.146 e. The van der Waals surface area contributed by atoms with Crippen molar-refractivity contribution in [1.29, 1.82) is 0 Å². The molecule has 1 aromatic rings. The Bertz CT molecular complexity index is 417. The zero-order chi connectivity index (χ0) is 13.3. The SMILES string of the molecule is Cc1nc(CC2CN(C)CCN2C)nc(Cl)c1I. The maximum Gasteiger partial charge on any atom is 0.146 e. The van der Waals surface area contributed by atoms with Gasteiger partial charge in [0.15, 0.2) is 0 Å². The topological polar surface area (TPSA) is 32.3 Å². The third kappa shape index (κ3) is 3.31. The van der Waals surface area contributed by atoms with Crippen LogP contribution in [0.1, 0.15) is 11.5 Å². The molecule has 100 valence electrons. The van der Waals surface area contributed by atoms with E-state index in [1.54, 1.807) is 0 Å². The fraction of sp³-hybridized carbons (Fsp3) is 0.667. The molecule has 0 amide bonds. The summed E-state index contributed by atoms with van der Waals surface area (Å²) >= 11 is 8.31. The van der Waals surface area contributed by atoms with E-state index in [2.05, 4.69) is 56.5 Å². The number of hydrogen-bond donors (Lipinski definition) is 0. The Kier molecular flexibility index (Phi) is 4.80. The summed E-state index contributed by atoms with van der Waals surface area (Å²) in [7, 11) is 4.33. The van der Waals surface area contributed by atoms with Gasteiger partial charge in [-0.25, -0.2) is 9.97 Å². The Hall–Kier alpha value is 0.0200. The van der Waals surface area contributed by atoms with Crippen molar-refractivity contribution in [1.82, 2.24) is 19.8 Å². The van der Waals surface area contributed by atoms with E-state index >= 15 is 0 Å². The third-order valence-electron chi connectivity index (χ3n) is 3.42. The molecule has 2 rings (SSSR count). The van der Waals surface area contributed by atoms with Crippen molar-refractivity contribution in [3.05, 3.63) is 20.2 Å². The van der Waals surface area contributed by atoms with Crippen molar-refractivity contribution in [2.24, 2.45) is 0 Å². The first-order chi connectivity index (χ1) is 8.47. The van der Waals surface area contributed by atoms with Crippen molar-refractivity contribution in [2.45, 2.75) is 19.4 Å². The van der Waals surface area contributed by atoms with Crippen molar-refractivity contribution >= 4 is 34.2 Å². The Morgan fingerprint density at radius 3 is 2.72 bits per heavy atom. The predicted molar refractivity (Wildman–Crippen MR) is 82.1 cm³/mol. The van der Waals surface area contributed by atoms with Crippen LogP contribution in [-0.4, -0.2) is 59.5 Å². The first kappa shape index (κ1) is 14.4. The molecule has 1 aromatic heterocycles. The van der Waals surface area contributed by atoms with Gasteiger partial charge in [0, 0.05) is 32.1 Å². The van der Waals surface area contributed by atoms with Crippen LogP contribution in [0.25, 0.3) is 0 Å². The van der Waals surface area contributed by atoms with Crippen molar-refractivity contribution in [2.75, 3.05) is 33.7 Å². The van der Waals surface area contributed by atoms with Crippen LogP contribution in [-0.2, 0) is 6.42 Å². The number of hydrogen-bond acceptors (Lipinski definition) is 4. The minimum Gasteiger partial charge on any atom is -0.304 e. The standard InChI is InChI=1S/C12H18ClIN4/c1-8-11(14)12(13)16-10(15-8)6-9-7-17(2)4-5-18(9)3/h9H,4-7H2,1-3H3. The lowest BCUT2D eigenvalue weighted by Gasteiger charge is -2.37. The molecule has 2 heterocycles. The van der Waals surface area contributed by atoms with E-state index < -0.39 is 0 Å². The van der Waals surface area contributed by atoms with Crippen LogP contribution in [0.3, 0.4) is 0 Å². The van der Waals surface area contributed by atoms with Gasteiger partial charge in [-0.3, -0.25) is 0 Å². The van der Waals surface area contributed by atoms with E-state index in [0.717, 1.165) is 41.1 Å². The Balaban J connectivity index is 2.13. The van der Waals surface area contributed by atoms with Gasteiger partial charge in [0.1, 0.15) is 11.0 Å². The lowest BCUT2D eigenvalue weighted by atomic mass is 10.1. The molecule has 0 N–H and O–H groups in total. The molecule has 0 bridgehead atoms. The van der Waals surface area contributed by atoms with Crippen LogP contribution in [0, 0.1) is 10.5 Å². The Morgan fingerprint density at radius 2 is 2.06 bits per heavy atom. The first-order valence-electron chi connectivity index (χ1n) is 6.04.